The van der Waals surface area contributed by atoms with Gasteiger partial charge in [0.25, 0.3) is 11.8 Å². The highest BCUT2D eigenvalue weighted by molar-refractivity contribution is 6.04. The number of benzene rings is 4. The van der Waals surface area contributed by atoms with Crippen molar-refractivity contribution in [2.75, 3.05) is 31.5 Å². The van der Waals surface area contributed by atoms with Gasteiger partial charge in [-0.15, -0.1) is 0 Å². The summed E-state index contributed by atoms with van der Waals surface area (Å²) in [6.45, 7) is 6.38. The zero-order valence-electron chi connectivity index (χ0n) is 23.0. The first-order valence-electron chi connectivity index (χ1n) is 13.8. The maximum atomic E-state index is 13.6. The average Bonchev–Trinajstić information content (AvgIpc) is 2.99. The van der Waals surface area contributed by atoms with Crippen LogP contribution in [0.5, 0.6) is 5.75 Å². The molecule has 204 valence electrons. The van der Waals surface area contributed by atoms with Crippen LogP contribution in [-0.2, 0) is 4.79 Å². The summed E-state index contributed by atoms with van der Waals surface area (Å²) in [5.41, 5.74) is 4.51. The van der Waals surface area contributed by atoms with Crippen LogP contribution >= 0.6 is 0 Å². The zero-order chi connectivity index (χ0) is 27.9. The average molecular weight is 534 g/mol. The Kier molecular flexibility index (Phi) is 8.57. The number of hydrogen-bond donors (Lipinski definition) is 1. The first kappa shape index (κ1) is 27.2. The van der Waals surface area contributed by atoms with E-state index in [1.165, 1.54) is 11.1 Å². The number of amides is 2. The summed E-state index contributed by atoms with van der Waals surface area (Å²) in [7, 11) is 0. The lowest BCUT2D eigenvalue weighted by atomic mass is 9.96. The third-order valence-electron chi connectivity index (χ3n) is 7.28. The monoisotopic (exact) mass is 533 g/mol. The summed E-state index contributed by atoms with van der Waals surface area (Å²) in [6.07, 6.45) is -0.721. The maximum Gasteiger partial charge on any atom is 0.265 e. The van der Waals surface area contributed by atoms with Crippen LogP contribution in [0.4, 0.5) is 5.69 Å². The number of carbonyl (C=O) groups is 2. The highest BCUT2D eigenvalue weighted by Gasteiger charge is 2.29. The molecule has 1 heterocycles. The Morgan fingerprint density at radius 1 is 0.750 bits per heavy atom. The summed E-state index contributed by atoms with van der Waals surface area (Å²) in [6, 6.07) is 35.9. The number of hydrogen-bond acceptors (Lipinski definition) is 4. The summed E-state index contributed by atoms with van der Waals surface area (Å²) >= 11 is 0. The third kappa shape index (κ3) is 6.41. The van der Waals surface area contributed by atoms with Crippen LogP contribution in [0.3, 0.4) is 0 Å². The molecular weight excluding hydrogens is 498 g/mol. The maximum absolute atomic E-state index is 13.6. The van der Waals surface area contributed by atoms with Crippen LogP contribution in [0.15, 0.2) is 109 Å². The van der Waals surface area contributed by atoms with E-state index >= 15 is 0 Å². The smallest absolute Gasteiger partial charge is 0.265 e. The third-order valence-corrected chi connectivity index (χ3v) is 7.28. The molecule has 0 aromatic heterocycles. The molecule has 1 atom stereocenters. The number of nitrogens with one attached hydrogen (secondary N) is 1. The standard InChI is InChI=1S/C34H35N3O3/c1-25-12-11-17-29(24-25)40-26(2)33(38)35-31-19-10-9-18-30(31)34(39)37-22-20-36(21-23-37)32(27-13-5-3-6-14-27)28-15-7-4-8-16-28/h3-19,24,26,32H,20-23H2,1-2H3,(H,35,38). The van der Waals surface area contributed by atoms with Crippen LogP contribution in [0, 0.1) is 6.92 Å². The second-order valence-electron chi connectivity index (χ2n) is 10.2. The highest BCUT2D eigenvalue weighted by atomic mass is 16.5. The fraction of sp³-hybridized carbons (Fsp3) is 0.235. The summed E-state index contributed by atoms with van der Waals surface area (Å²) < 4.78 is 5.84. The van der Waals surface area contributed by atoms with E-state index in [0.29, 0.717) is 30.1 Å². The molecule has 4 aromatic rings. The lowest BCUT2D eigenvalue weighted by Gasteiger charge is -2.40. The molecular formula is C34H35N3O3. The van der Waals surface area contributed by atoms with E-state index in [0.717, 1.165) is 18.7 Å². The molecule has 0 radical (unpaired) electrons. The molecule has 6 heteroatoms. The fourth-order valence-electron chi connectivity index (χ4n) is 5.20. The molecule has 1 aliphatic rings. The fourth-order valence-corrected chi connectivity index (χ4v) is 5.20. The Bertz CT molecular complexity index is 1390. The van der Waals surface area contributed by atoms with E-state index in [4.69, 9.17) is 4.74 Å². The van der Waals surface area contributed by atoms with E-state index in [1.54, 1.807) is 19.1 Å². The molecule has 5 rings (SSSR count). The Morgan fingerprint density at radius 3 is 1.98 bits per heavy atom. The molecule has 1 aliphatic heterocycles. The summed E-state index contributed by atoms with van der Waals surface area (Å²) in [5, 5.41) is 2.91. The van der Waals surface area contributed by atoms with Crippen molar-refractivity contribution < 1.29 is 14.3 Å². The first-order valence-corrected chi connectivity index (χ1v) is 13.8. The highest BCUT2D eigenvalue weighted by Crippen LogP contribution is 2.30. The Morgan fingerprint density at radius 2 is 1.35 bits per heavy atom. The van der Waals surface area contributed by atoms with Crippen LogP contribution < -0.4 is 10.1 Å². The van der Waals surface area contributed by atoms with E-state index in [-0.39, 0.29) is 17.9 Å². The topological polar surface area (TPSA) is 61.9 Å². The molecule has 6 nitrogen and oxygen atoms in total. The van der Waals surface area contributed by atoms with Crippen LogP contribution in [0.2, 0.25) is 0 Å². The molecule has 0 saturated carbocycles. The lowest BCUT2D eigenvalue weighted by Crippen LogP contribution is -2.50. The summed E-state index contributed by atoms with van der Waals surface area (Å²) in [5.74, 6) is 0.244. The minimum absolute atomic E-state index is 0.0845. The van der Waals surface area contributed by atoms with Crippen molar-refractivity contribution >= 4 is 17.5 Å². The quantitative estimate of drug-likeness (QED) is 0.304. The van der Waals surface area contributed by atoms with Crippen LogP contribution in [0.25, 0.3) is 0 Å². The molecule has 2 amide bonds. The van der Waals surface area contributed by atoms with E-state index < -0.39 is 6.10 Å². The number of para-hydroxylation sites is 1. The SMILES string of the molecule is Cc1cccc(OC(C)C(=O)Nc2ccccc2C(=O)N2CCN(C(c3ccccc3)c3ccccc3)CC2)c1. The normalized spacial score (nSPS) is 14.5. The van der Waals surface area contributed by atoms with Crippen molar-refractivity contribution in [3.8, 4) is 5.75 Å². The number of piperazine rings is 1. The van der Waals surface area contributed by atoms with E-state index in [2.05, 4.69) is 58.7 Å². The minimum atomic E-state index is -0.721. The van der Waals surface area contributed by atoms with Gasteiger partial charge >= 0.3 is 0 Å². The molecule has 0 aliphatic carbocycles. The predicted octanol–water partition coefficient (Wildman–Crippen LogP) is 5.95. The van der Waals surface area contributed by atoms with Gasteiger partial charge in [-0.2, -0.15) is 0 Å². The van der Waals surface area contributed by atoms with Crippen LogP contribution in [-0.4, -0.2) is 53.9 Å². The molecule has 40 heavy (non-hydrogen) atoms. The first-order chi connectivity index (χ1) is 19.5. The van der Waals surface area contributed by atoms with Gasteiger partial charge in [-0.05, 0) is 54.8 Å². The van der Waals surface area contributed by atoms with Crippen molar-refractivity contribution in [1.82, 2.24) is 9.80 Å². The largest absolute Gasteiger partial charge is 0.481 e. The van der Waals surface area contributed by atoms with Crippen molar-refractivity contribution in [2.24, 2.45) is 0 Å². The van der Waals surface area contributed by atoms with Gasteiger partial charge in [-0.25, -0.2) is 0 Å². The van der Waals surface area contributed by atoms with Gasteiger partial charge in [0.15, 0.2) is 6.10 Å². The second kappa shape index (κ2) is 12.6. The van der Waals surface area contributed by atoms with Gasteiger partial charge < -0.3 is 15.0 Å². The van der Waals surface area contributed by atoms with Gasteiger partial charge in [0.05, 0.1) is 17.3 Å². The molecule has 0 spiro atoms. The predicted molar refractivity (Wildman–Crippen MR) is 159 cm³/mol. The van der Waals surface area contributed by atoms with Crippen molar-refractivity contribution in [2.45, 2.75) is 26.0 Å². The van der Waals surface area contributed by atoms with Gasteiger partial charge in [0.1, 0.15) is 5.75 Å². The number of anilines is 1. The molecule has 1 saturated heterocycles. The molecule has 1 N–H and O–H groups in total. The van der Waals surface area contributed by atoms with Gasteiger partial charge in [-0.3, -0.25) is 14.5 Å². The Labute approximate surface area is 236 Å². The molecule has 4 aromatic carbocycles. The zero-order valence-corrected chi connectivity index (χ0v) is 23.0. The number of aryl methyl sites for hydroxylation is 1. The number of nitrogens with zero attached hydrogens (tertiary/aromatic N) is 2. The van der Waals surface area contributed by atoms with Crippen LogP contribution in [0.1, 0.15) is 40.0 Å². The van der Waals surface area contributed by atoms with Crippen molar-refractivity contribution in [1.29, 1.82) is 0 Å². The number of rotatable bonds is 8. The molecule has 1 fully saturated rings. The van der Waals surface area contributed by atoms with Gasteiger partial charge in [0, 0.05) is 26.2 Å². The van der Waals surface area contributed by atoms with Crippen molar-refractivity contribution in [3.05, 3.63) is 131 Å². The minimum Gasteiger partial charge on any atom is -0.481 e. The number of ether oxygens (including phenoxy) is 1. The van der Waals surface area contributed by atoms with Crippen molar-refractivity contribution in [3.63, 3.8) is 0 Å². The van der Waals surface area contributed by atoms with Gasteiger partial charge in [-0.1, -0.05) is 84.9 Å². The second-order valence-corrected chi connectivity index (χ2v) is 10.2. The van der Waals surface area contributed by atoms with E-state index in [9.17, 15) is 9.59 Å². The van der Waals surface area contributed by atoms with E-state index in [1.807, 2.05) is 60.4 Å². The van der Waals surface area contributed by atoms with Gasteiger partial charge in [0.2, 0.25) is 0 Å². The Hall–Kier alpha value is -4.42. The molecule has 1 unspecified atom stereocenters. The molecule has 0 bridgehead atoms. The summed E-state index contributed by atoms with van der Waals surface area (Å²) in [4.78, 5) is 30.9. The lowest BCUT2D eigenvalue weighted by molar-refractivity contribution is -0.122. The number of carbonyl (C=O) groups excluding carboxylic acids is 2. The Balaban J connectivity index is 1.25.